The Balaban J connectivity index is 3.41. The van der Waals surface area contributed by atoms with E-state index in [4.69, 9.17) is 4.74 Å². The number of rotatable bonds is 4. The smallest absolute Gasteiger partial charge is 0.0693 e. The van der Waals surface area contributed by atoms with Gasteiger partial charge < -0.3 is 4.74 Å². The fourth-order valence-electron chi connectivity index (χ4n) is 0.820. The second kappa shape index (κ2) is 5.24. The van der Waals surface area contributed by atoms with Gasteiger partial charge in [0.05, 0.1) is 6.10 Å². The van der Waals surface area contributed by atoms with Crippen molar-refractivity contribution in [3.63, 3.8) is 0 Å². The van der Waals surface area contributed by atoms with Crippen LogP contribution in [0.25, 0.3) is 0 Å². The molecule has 0 radical (unpaired) electrons. The third-order valence-electron chi connectivity index (χ3n) is 1.39. The van der Waals surface area contributed by atoms with Crippen LogP contribution >= 0.6 is 15.9 Å². The minimum atomic E-state index is 0.384. The lowest BCUT2D eigenvalue weighted by molar-refractivity contribution is 0.0974. The summed E-state index contributed by atoms with van der Waals surface area (Å²) in [5.41, 5.74) is 0. The van der Waals surface area contributed by atoms with Gasteiger partial charge >= 0.3 is 0 Å². The first-order valence-corrected chi connectivity index (χ1v) is 4.30. The van der Waals surface area contributed by atoms with Crippen LogP contribution in [0.5, 0.6) is 0 Å². The lowest BCUT2D eigenvalue weighted by atomic mass is 10.2. The standard InChI is InChI=1S/C7H15BrO/c1-4-5-7(9-3)6(2)8/h6-7H,4-5H2,1-3H3/t6-,7-/m1/s1. The Labute approximate surface area is 65.9 Å². The molecule has 0 saturated heterocycles. The number of ether oxygens (including phenoxy) is 1. The van der Waals surface area contributed by atoms with Gasteiger partial charge in [0.2, 0.25) is 0 Å². The Morgan fingerprint density at radius 3 is 2.22 bits per heavy atom. The average Bonchev–Trinajstić information content (AvgIpc) is 1.82. The Morgan fingerprint density at radius 1 is 1.56 bits per heavy atom. The van der Waals surface area contributed by atoms with Gasteiger partial charge in [0, 0.05) is 11.9 Å². The van der Waals surface area contributed by atoms with Gasteiger partial charge in [-0.1, -0.05) is 36.2 Å². The van der Waals surface area contributed by atoms with E-state index in [1.165, 1.54) is 6.42 Å². The van der Waals surface area contributed by atoms with Crippen molar-refractivity contribution in [2.75, 3.05) is 7.11 Å². The van der Waals surface area contributed by atoms with Gasteiger partial charge in [-0.05, 0) is 6.42 Å². The summed E-state index contributed by atoms with van der Waals surface area (Å²) in [6, 6.07) is 0. The van der Waals surface area contributed by atoms with Gasteiger partial charge in [0.15, 0.2) is 0 Å². The van der Waals surface area contributed by atoms with Crippen molar-refractivity contribution in [3.05, 3.63) is 0 Å². The van der Waals surface area contributed by atoms with E-state index in [1.807, 2.05) is 0 Å². The molecular weight excluding hydrogens is 180 g/mol. The van der Waals surface area contributed by atoms with E-state index < -0.39 is 0 Å². The summed E-state index contributed by atoms with van der Waals surface area (Å²) < 4.78 is 5.21. The maximum absolute atomic E-state index is 5.21. The second-order valence-electron chi connectivity index (χ2n) is 2.24. The molecule has 0 aliphatic rings. The molecule has 0 fully saturated rings. The molecule has 1 nitrogen and oxygen atoms in total. The van der Waals surface area contributed by atoms with Gasteiger partial charge in [0.25, 0.3) is 0 Å². The highest BCUT2D eigenvalue weighted by molar-refractivity contribution is 9.09. The van der Waals surface area contributed by atoms with E-state index in [2.05, 4.69) is 29.8 Å². The number of halogens is 1. The minimum Gasteiger partial charge on any atom is -0.380 e. The Bertz CT molecular complexity index is 63.9. The SMILES string of the molecule is CCC[C@@H](OC)[C@@H](C)Br. The molecule has 0 rings (SSSR count). The molecule has 0 aromatic carbocycles. The first kappa shape index (κ1) is 9.44. The summed E-state index contributed by atoms with van der Waals surface area (Å²) in [6.07, 6.45) is 2.71. The minimum absolute atomic E-state index is 0.384. The van der Waals surface area contributed by atoms with E-state index in [1.54, 1.807) is 7.11 Å². The Morgan fingerprint density at radius 2 is 2.11 bits per heavy atom. The van der Waals surface area contributed by atoms with Crippen LogP contribution in [0.1, 0.15) is 26.7 Å². The summed E-state index contributed by atoms with van der Waals surface area (Å²) in [4.78, 5) is 0.474. The van der Waals surface area contributed by atoms with Crippen LogP contribution in [0.15, 0.2) is 0 Å². The molecule has 0 aliphatic carbocycles. The summed E-state index contributed by atoms with van der Waals surface area (Å²) >= 11 is 3.48. The summed E-state index contributed by atoms with van der Waals surface area (Å²) in [5, 5.41) is 0. The molecular formula is C7H15BrO. The molecule has 9 heavy (non-hydrogen) atoms. The second-order valence-corrected chi connectivity index (χ2v) is 3.68. The molecule has 0 bridgehead atoms. The molecule has 2 heteroatoms. The normalized spacial score (nSPS) is 17.3. The third-order valence-corrected chi connectivity index (χ3v) is 1.98. The molecule has 0 aliphatic heterocycles. The maximum Gasteiger partial charge on any atom is 0.0693 e. The van der Waals surface area contributed by atoms with Crippen molar-refractivity contribution in [1.29, 1.82) is 0 Å². The van der Waals surface area contributed by atoms with Crippen molar-refractivity contribution in [3.8, 4) is 0 Å². The van der Waals surface area contributed by atoms with E-state index in [-0.39, 0.29) is 0 Å². The van der Waals surface area contributed by atoms with Crippen molar-refractivity contribution in [2.45, 2.75) is 37.6 Å². The summed E-state index contributed by atoms with van der Waals surface area (Å²) in [6.45, 7) is 4.28. The molecule has 0 N–H and O–H groups in total. The van der Waals surface area contributed by atoms with Crippen LogP contribution in [0, 0.1) is 0 Å². The average molecular weight is 195 g/mol. The van der Waals surface area contributed by atoms with Crippen LogP contribution in [0.2, 0.25) is 0 Å². The highest BCUT2D eigenvalue weighted by atomic mass is 79.9. The molecule has 0 heterocycles. The van der Waals surface area contributed by atoms with Gasteiger partial charge in [-0.2, -0.15) is 0 Å². The van der Waals surface area contributed by atoms with Crippen LogP contribution in [0.4, 0.5) is 0 Å². The zero-order valence-corrected chi connectivity index (χ0v) is 7.94. The van der Waals surface area contributed by atoms with E-state index in [0.717, 1.165) is 6.42 Å². The first-order chi connectivity index (χ1) is 4.22. The fourth-order valence-corrected chi connectivity index (χ4v) is 1.30. The van der Waals surface area contributed by atoms with Gasteiger partial charge in [0.1, 0.15) is 0 Å². The Hall–Kier alpha value is 0.440. The molecule has 2 atom stereocenters. The third kappa shape index (κ3) is 3.93. The number of methoxy groups -OCH3 is 1. The lowest BCUT2D eigenvalue weighted by Gasteiger charge is -2.16. The number of hydrogen-bond donors (Lipinski definition) is 0. The molecule has 0 unspecified atom stereocenters. The van der Waals surface area contributed by atoms with Crippen molar-refractivity contribution < 1.29 is 4.74 Å². The van der Waals surface area contributed by atoms with Crippen LogP contribution < -0.4 is 0 Å². The zero-order valence-electron chi connectivity index (χ0n) is 6.36. The predicted molar refractivity (Wildman–Crippen MR) is 44.1 cm³/mol. The largest absolute Gasteiger partial charge is 0.380 e. The molecule has 0 spiro atoms. The van der Waals surface area contributed by atoms with E-state index >= 15 is 0 Å². The number of alkyl halides is 1. The predicted octanol–water partition coefficient (Wildman–Crippen LogP) is 2.58. The summed E-state index contributed by atoms with van der Waals surface area (Å²) in [5.74, 6) is 0. The van der Waals surface area contributed by atoms with Crippen LogP contribution in [-0.4, -0.2) is 18.0 Å². The lowest BCUT2D eigenvalue weighted by Crippen LogP contribution is -2.19. The topological polar surface area (TPSA) is 9.23 Å². The molecule has 56 valence electrons. The zero-order chi connectivity index (χ0) is 7.28. The van der Waals surface area contributed by atoms with Crippen LogP contribution in [-0.2, 0) is 4.74 Å². The van der Waals surface area contributed by atoms with Gasteiger partial charge in [-0.15, -0.1) is 0 Å². The van der Waals surface area contributed by atoms with Crippen molar-refractivity contribution in [1.82, 2.24) is 0 Å². The Kier molecular flexibility index (Phi) is 5.50. The molecule has 0 saturated carbocycles. The monoisotopic (exact) mass is 194 g/mol. The van der Waals surface area contributed by atoms with Gasteiger partial charge in [-0.3, -0.25) is 0 Å². The van der Waals surface area contributed by atoms with Crippen LogP contribution in [0.3, 0.4) is 0 Å². The maximum atomic E-state index is 5.21. The molecule has 0 aromatic heterocycles. The highest BCUT2D eigenvalue weighted by Gasteiger charge is 2.10. The summed E-state index contributed by atoms with van der Waals surface area (Å²) in [7, 11) is 1.76. The van der Waals surface area contributed by atoms with E-state index in [9.17, 15) is 0 Å². The molecule has 0 amide bonds. The van der Waals surface area contributed by atoms with Crippen molar-refractivity contribution >= 4 is 15.9 Å². The highest BCUT2D eigenvalue weighted by Crippen LogP contribution is 2.12. The quantitative estimate of drug-likeness (QED) is 0.626. The molecule has 0 aromatic rings. The van der Waals surface area contributed by atoms with E-state index in [0.29, 0.717) is 10.9 Å². The van der Waals surface area contributed by atoms with Gasteiger partial charge in [-0.25, -0.2) is 0 Å². The van der Waals surface area contributed by atoms with Crippen molar-refractivity contribution in [2.24, 2.45) is 0 Å². The first-order valence-electron chi connectivity index (χ1n) is 3.39. The number of hydrogen-bond acceptors (Lipinski definition) is 1. The fraction of sp³-hybridized carbons (Fsp3) is 1.00.